The zero-order valence-corrected chi connectivity index (χ0v) is 25.9. The summed E-state index contributed by atoms with van der Waals surface area (Å²) >= 11 is 0. The summed E-state index contributed by atoms with van der Waals surface area (Å²) in [4.78, 5) is 54.9. The average Bonchev–Trinajstić information content (AvgIpc) is 3.64. The summed E-state index contributed by atoms with van der Waals surface area (Å²) in [6.07, 6.45) is 2.91. The largest absolute Gasteiger partial charge is 0.345 e. The summed E-state index contributed by atoms with van der Waals surface area (Å²) < 4.78 is 3.49. The number of hydrogen-bond acceptors (Lipinski definition) is 8. The molecule has 44 heavy (non-hydrogen) atoms. The Morgan fingerprint density at radius 3 is 2.57 bits per heavy atom. The molecule has 0 aliphatic carbocycles. The molecule has 0 bridgehead atoms. The highest BCUT2D eigenvalue weighted by atomic mass is 16.2. The molecule has 2 atom stereocenters. The van der Waals surface area contributed by atoms with Gasteiger partial charge in [0.15, 0.2) is 11.6 Å². The Labute approximate surface area is 256 Å². The third kappa shape index (κ3) is 6.76. The second kappa shape index (κ2) is 13.3. The fourth-order valence-corrected chi connectivity index (χ4v) is 5.56. The molecule has 4 heterocycles. The minimum Gasteiger partial charge on any atom is -0.345 e. The third-order valence-corrected chi connectivity index (χ3v) is 8.09. The van der Waals surface area contributed by atoms with E-state index in [1.165, 1.54) is 6.33 Å². The molecule has 0 unspecified atom stereocenters. The van der Waals surface area contributed by atoms with Crippen LogP contribution in [0.5, 0.6) is 0 Å². The number of amides is 3. The van der Waals surface area contributed by atoms with E-state index in [0.29, 0.717) is 49.9 Å². The van der Waals surface area contributed by atoms with Gasteiger partial charge in [0.25, 0.3) is 5.78 Å². The number of aryl methyl sites for hydroxylation is 2. The van der Waals surface area contributed by atoms with Crippen LogP contribution in [0, 0.1) is 19.8 Å². The van der Waals surface area contributed by atoms with Gasteiger partial charge >= 0.3 is 0 Å². The lowest BCUT2D eigenvalue weighted by Crippen LogP contribution is -2.47. The Kier molecular flexibility index (Phi) is 9.31. The van der Waals surface area contributed by atoms with Gasteiger partial charge in [0, 0.05) is 42.9 Å². The molecule has 5 rings (SSSR count). The molecule has 0 saturated heterocycles. The monoisotopic (exact) mass is 600 g/mol. The number of carbonyl (C=O) groups excluding carboxylic acids is 3. The molecule has 3 aromatic heterocycles. The van der Waals surface area contributed by atoms with Gasteiger partial charge < -0.3 is 15.5 Å². The molecule has 4 aromatic rings. The van der Waals surface area contributed by atoms with Gasteiger partial charge in [-0.2, -0.15) is 15.2 Å². The summed E-state index contributed by atoms with van der Waals surface area (Å²) in [6, 6.07) is 8.49. The predicted octanol–water partition coefficient (Wildman–Crippen LogP) is 2.57. The summed E-state index contributed by atoms with van der Waals surface area (Å²) in [5.74, 6) is 1.13. The molecule has 13 heteroatoms. The zero-order chi connectivity index (χ0) is 31.4. The summed E-state index contributed by atoms with van der Waals surface area (Å²) in [7, 11) is 0. The van der Waals surface area contributed by atoms with E-state index in [4.69, 9.17) is 10.1 Å². The highest BCUT2D eigenvalue weighted by molar-refractivity contribution is 5.87. The van der Waals surface area contributed by atoms with Crippen molar-refractivity contribution in [2.75, 3.05) is 13.1 Å². The molecule has 0 radical (unpaired) electrons. The Morgan fingerprint density at radius 1 is 1.05 bits per heavy atom. The lowest BCUT2D eigenvalue weighted by Gasteiger charge is -2.27. The highest BCUT2D eigenvalue weighted by Gasteiger charge is 2.29. The molecule has 1 aliphatic rings. The van der Waals surface area contributed by atoms with Gasteiger partial charge in [-0.25, -0.2) is 19.2 Å². The second-order valence-corrected chi connectivity index (χ2v) is 11.6. The van der Waals surface area contributed by atoms with E-state index in [1.807, 2.05) is 58.0 Å². The Balaban J connectivity index is 1.43. The molecule has 2 N–H and O–H groups in total. The highest BCUT2D eigenvalue weighted by Crippen LogP contribution is 2.25. The van der Waals surface area contributed by atoms with Crippen molar-refractivity contribution in [2.24, 2.45) is 5.92 Å². The number of rotatable bonds is 5. The molecule has 0 fully saturated rings. The van der Waals surface area contributed by atoms with E-state index in [9.17, 15) is 14.4 Å². The van der Waals surface area contributed by atoms with Crippen molar-refractivity contribution in [1.29, 1.82) is 0 Å². The van der Waals surface area contributed by atoms with Crippen LogP contribution in [0.2, 0.25) is 0 Å². The van der Waals surface area contributed by atoms with Crippen LogP contribution in [-0.4, -0.2) is 76.1 Å². The molecule has 1 aliphatic heterocycles. The van der Waals surface area contributed by atoms with Crippen LogP contribution < -0.4 is 10.6 Å². The van der Waals surface area contributed by atoms with Crippen LogP contribution in [0.4, 0.5) is 0 Å². The van der Waals surface area contributed by atoms with Crippen molar-refractivity contribution in [3.8, 4) is 11.4 Å². The number of carbonyl (C=O) groups is 3. The molecular weight excluding hydrogens is 560 g/mol. The van der Waals surface area contributed by atoms with E-state index in [2.05, 4.69) is 25.7 Å². The smallest absolute Gasteiger partial charge is 0.252 e. The van der Waals surface area contributed by atoms with E-state index >= 15 is 0 Å². The topological polar surface area (TPSA) is 152 Å². The van der Waals surface area contributed by atoms with Gasteiger partial charge in [-0.3, -0.25) is 14.4 Å². The van der Waals surface area contributed by atoms with Crippen molar-refractivity contribution in [2.45, 2.75) is 78.9 Å². The maximum absolute atomic E-state index is 13.7. The molecule has 0 saturated carbocycles. The van der Waals surface area contributed by atoms with Crippen molar-refractivity contribution in [1.82, 2.24) is 49.9 Å². The molecule has 232 valence electrons. The Morgan fingerprint density at radius 2 is 1.82 bits per heavy atom. The van der Waals surface area contributed by atoms with E-state index < -0.39 is 12.1 Å². The van der Waals surface area contributed by atoms with Gasteiger partial charge in [0.1, 0.15) is 12.4 Å². The number of nitrogens with zero attached hydrogens (tertiary/aromatic N) is 8. The summed E-state index contributed by atoms with van der Waals surface area (Å²) in [5, 5.41) is 15.0. The Bertz CT molecular complexity index is 1650. The lowest BCUT2D eigenvalue weighted by atomic mass is 10.0. The number of fused-ring (bicyclic) bond motifs is 2. The average molecular weight is 601 g/mol. The quantitative estimate of drug-likeness (QED) is 0.355. The first-order valence-corrected chi connectivity index (χ1v) is 15.2. The normalized spacial score (nSPS) is 18.5. The maximum Gasteiger partial charge on any atom is 0.252 e. The molecular formula is C31H40N10O3. The SMILES string of the molecule is Cc1nc2ncnn2c(C)c1CCC(=O)N1CCCC(=O)N[C@H](C)C(=O)N[C@@H](C(C)C)c2nc(-c3ccccc3)nn2CC1. The van der Waals surface area contributed by atoms with Crippen LogP contribution in [0.25, 0.3) is 17.2 Å². The standard InChI is InChI=1S/C31H40N10O3/c1-19(2)27-29-37-28(23-10-7-6-8-11-23)38-40(29)17-16-39(15-9-12-25(42)34-21(4)30(44)36-27)26(43)14-13-24-20(3)35-31-32-18-33-41(31)22(24)5/h6-8,10-11,18-19,21,27H,9,12-17H2,1-5H3,(H,34,42)(H,36,44)/t21-,27+/m1/s1. The van der Waals surface area contributed by atoms with E-state index in [0.717, 1.165) is 22.5 Å². The van der Waals surface area contributed by atoms with Crippen molar-refractivity contribution < 1.29 is 14.4 Å². The number of hydrogen-bond donors (Lipinski definition) is 2. The number of nitrogens with one attached hydrogen (secondary N) is 2. The molecule has 13 nitrogen and oxygen atoms in total. The zero-order valence-electron chi connectivity index (χ0n) is 25.9. The first-order valence-electron chi connectivity index (χ1n) is 15.2. The van der Waals surface area contributed by atoms with Crippen molar-refractivity contribution in [3.63, 3.8) is 0 Å². The molecule has 1 aromatic carbocycles. The first-order chi connectivity index (χ1) is 21.1. The predicted molar refractivity (Wildman–Crippen MR) is 163 cm³/mol. The first kappa shape index (κ1) is 30.8. The van der Waals surface area contributed by atoms with Gasteiger partial charge in [-0.1, -0.05) is 44.2 Å². The van der Waals surface area contributed by atoms with E-state index in [-0.39, 0.29) is 36.5 Å². The number of aromatic nitrogens is 7. The van der Waals surface area contributed by atoms with Gasteiger partial charge in [-0.05, 0) is 45.1 Å². The van der Waals surface area contributed by atoms with Crippen LogP contribution in [-0.2, 0) is 27.3 Å². The van der Waals surface area contributed by atoms with Crippen LogP contribution in [0.1, 0.15) is 68.9 Å². The minimum absolute atomic E-state index is 0.0125. The van der Waals surface area contributed by atoms with Crippen molar-refractivity contribution >= 4 is 23.5 Å². The van der Waals surface area contributed by atoms with Crippen molar-refractivity contribution in [3.05, 3.63) is 59.4 Å². The summed E-state index contributed by atoms with van der Waals surface area (Å²) in [5.41, 5.74) is 3.56. The number of benzene rings is 1. The van der Waals surface area contributed by atoms with Gasteiger partial charge in [-0.15, -0.1) is 0 Å². The summed E-state index contributed by atoms with van der Waals surface area (Å²) in [6.45, 7) is 10.7. The van der Waals surface area contributed by atoms with Crippen LogP contribution in [0.3, 0.4) is 0 Å². The maximum atomic E-state index is 13.7. The molecule has 3 amide bonds. The fourth-order valence-electron chi connectivity index (χ4n) is 5.56. The van der Waals surface area contributed by atoms with E-state index in [1.54, 1.807) is 21.0 Å². The van der Waals surface area contributed by atoms with Gasteiger partial charge in [0.2, 0.25) is 17.7 Å². The minimum atomic E-state index is -0.725. The second-order valence-electron chi connectivity index (χ2n) is 11.6. The lowest BCUT2D eigenvalue weighted by molar-refractivity contribution is -0.132. The van der Waals surface area contributed by atoms with Gasteiger partial charge in [0.05, 0.1) is 12.6 Å². The fraction of sp³-hybridized carbons (Fsp3) is 0.484. The van der Waals surface area contributed by atoms with Crippen LogP contribution in [0.15, 0.2) is 36.7 Å². The Hall–Kier alpha value is -4.68. The van der Waals surface area contributed by atoms with Crippen LogP contribution >= 0.6 is 0 Å². The molecule has 0 spiro atoms. The third-order valence-electron chi connectivity index (χ3n) is 8.09.